The molecular weight excluding hydrogens is 718 g/mol. The number of aryl methyl sites for hydroxylation is 2. The van der Waals surface area contributed by atoms with Gasteiger partial charge in [0.15, 0.2) is 0 Å². The fourth-order valence-corrected chi connectivity index (χ4v) is 5.92. The van der Waals surface area contributed by atoms with Crippen molar-refractivity contribution in [2.24, 2.45) is 0 Å². The van der Waals surface area contributed by atoms with Gasteiger partial charge in [0.2, 0.25) is 5.71 Å². The van der Waals surface area contributed by atoms with E-state index < -0.39 is 21.8 Å². The summed E-state index contributed by atoms with van der Waals surface area (Å²) in [6.45, 7) is 5.75. The van der Waals surface area contributed by atoms with E-state index in [-0.39, 0.29) is 37.4 Å². The number of rotatable bonds is 4. The number of furan rings is 1. The first-order valence-corrected chi connectivity index (χ1v) is 16.8. The molecule has 7 heteroatoms. The number of fused-ring (bicyclic) bond motifs is 3. The van der Waals surface area contributed by atoms with Crippen molar-refractivity contribution in [3.8, 4) is 22.5 Å². The molecule has 4 aromatic heterocycles. The summed E-state index contributed by atoms with van der Waals surface area (Å²) in [6.07, 6.45) is 4.61. The molecule has 6 rings (SSSR count). The molecule has 0 bridgehead atoms. The van der Waals surface area contributed by atoms with Gasteiger partial charge >= 0.3 is 0 Å². The van der Waals surface area contributed by atoms with Crippen molar-refractivity contribution < 1.29 is 37.1 Å². The van der Waals surface area contributed by atoms with Gasteiger partial charge in [-0.25, -0.2) is 9.37 Å². The van der Waals surface area contributed by atoms with Crippen LogP contribution in [0.1, 0.15) is 44.7 Å². The third-order valence-electron chi connectivity index (χ3n) is 6.77. The van der Waals surface area contributed by atoms with Crippen LogP contribution in [0, 0.1) is 31.7 Å². The first-order valence-electron chi connectivity index (χ1n) is 16.3. The fraction of sp³-hybridized carbons (Fsp3) is 0.229. The topological polar surface area (TPSA) is 51.8 Å². The Morgan fingerprint density at radius 1 is 0.929 bits per heavy atom. The normalized spacial score (nSPS) is 14.1. The predicted octanol–water partition coefficient (Wildman–Crippen LogP) is 8.81. The number of hydrogen-bond donors (Lipinski definition) is 0. The number of aromatic nitrogens is 3. The van der Waals surface area contributed by atoms with Crippen LogP contribution in [-0.4, -0.2) is 23.0 Å². The van der Waals surface area contributed by atoms with Gasteiger partial charge in [-0.1, -0.05) is 69.0 Å². The Morgan fingerprint density at radius 3 is 2.43 bits per heavy atom. The summed E-state index contributed by atoms with van der Waals surface area (Å²) < 4.78 is 65.4. The number of benzene rings is 2. The molecule has 4 nitrogen and oxygen atoms in total. The number of halogens is 1. The second-order valence-electron chi connectivity index (χ2n) is 11.2. The van der Waals surface area contributed by atoms with Crippen molar-refractivity contribution in [1.82, 2.24) is 15.0 Å². The number of pyridine rings is 3. The van der Waals surface area contributed by atoms with Gasteiger partial charge < -0.3 is 14.4 Å². The SMILES string of the molecule is CC(C)c1cc(-c2[c-]ccc3c2oc2ncccc23)ncc1F.[2H]C([2H])([2H])c1c[c-]c(-c2cc(C([2H])([2H])[2H])c([Si](C)(C)C)cn2)cc1.[Ir]. The van der Waals surface area contributed by atoms with Gasteiger partial charge in [0.25, 0.3) is 0 Å². The van der Waals surface area contributed by atoms with Gasteiger partial charge in [0.1, 0.15) is 5.82 Å². The smallest absolute Gasteiger partial charge is 0.216 e. The molecule has 0 fully saturated rings. The summed E-state index contributed by atoms with van der Waals surface area (Å²) in [6, 6.07) is 21.6. The molecule has 0 saturated carbocycles. The van der Waals surface area contributed by atoms with Crippen molar-refractivity contribution in [1.29, 1.82) is 0 Å². The first-order chi connectivity index (χ1) is 21.9. The molecule has 0 aliphatic carbocycles. The average molecular weight is 758 g/mol. The third kappa shape index (κ3) is 6.59. The second-order valence-corrected chi connectivity index (χ2v) is 16.2. The molecule has 0 unspecified atom stereocenters. The molecule has 0 saturated heterocycles. The molecule has 0 spiro atoms. The van der Waals surface area contributed by atoms with Crippen LogP contribution in [0.4, 0.5) is 4.39 Å². The molecule has 0 atom stereocenters. The van der Waals surface area contributed by atoms with Gasteiger partial charge in [-0.05, 0) is 47.0 Å². The van der Waals surface area contributed by atoms with Gasteiger partial charge in [0.05, 0.1) is 19.9 Å². The Balaban J connectivity index is 0.000000212. The standard InChI is InChI=1S/C19H14FN2O.C16H20NSi.Ir/c1-11(2)15-9-17(22-10-16(15)20)14-6-3-5-12-13-7-4-8-21-19(13)23-18(12)14;1-12-6-8-14(9-7-12)15-10-13(2)16(11-17-15)18(3,4)5;/h3-5,7-11H,1-2H3;6-8,10-11H,1-5H3;/q2*-1;/i;1D3,2D3;. The Morgan fingerprint density at radius 2 is 1.74 bits per heavy atom. The molecular formula is C35H34FIrN3OSi-2. The van der Waals surface area contributed by atoms with E-state index in [1.165, 1.54) is 18.3 Å². The molecule has 217 valence electrons. The van der Waals surface area contributed by atoms with Crippen molar-refractivity contribution in [2.45, 2.75) is 53.1 Å². The maximum atomic E-state index is 13.9. The fourth-order valence-electron chi connectivity index (χ4n) is 4.58. The van der Waals surface area contributed by atoms with Crippen LogP contribution in [0.15, 0.2) is 77.6 Å². The quantitative estimate of drug-likeness (QED) is 0.133. The molecule has 0 N–H and O–H groups in total. The number of hydrogen-bond acceptors (Lipinski definition) is 4. The van der Waals surface area contributed by atoms with E-state index >= 15 is 0 Å². The molecule has 2 aromatic carbocycles. The van der Waals surface area contributed by atoms with Crippen LogP contribution in [0.2, 0.25) is 19.6 Å². The Kier molecular flexibility index (Phi) is 7.30. The van der Waals surface area contributed by atoms with Crippen molar-refractivity contribution in [3.05, 3.63) is 108 Å². The van der Waals surface area contributed by atoms with E-state index in [0.717, 1.165) is 21.5 Å². The number of nitrogens with zero attached hydrogens (tertiary/aromatic N) is 3. The van der Waals surface area contributed by atoms with Crippen molar-refractivity contribution >= 4 is 35.3 Å². The zero-order chi connectivity index (χ0) is 34.3. The van der Waals surface area contributed by atoms with E-state index in [9.17, 15) is 4.39 Å². The van der Waals surface area contributed by atoms with E-state index in [4.69, 9.17) is 12.6 Å². The molecule has 0 aliphatic heterocycles. The molecule has 0 aliphatic rings. The minimum absolute atomic E-state index is 0. The zero-order valence-electron chi connectivity index (χ0n) is 30.0. The van der Waals surface area contributed by atoms with Crippen molar-refractivity contribution in [2.75, 3.05) is 0 Å². The monoisotopic (exact) mass is 758 g/mol. The molecule has 6 aromatic rings. The molecule has 4 heterocycles. The minimum Gasteiger partial charge on any atom is -0.486 e. The van der Waals surface area contributed by atoms with Crippen molar-refractivity contribution in [3.63, 3.8) is 0 Å². The minimum atomic E-state index is -2.22. The van der Waals surface area contributed by atoms with Gasteiger partial charge in [0, 0.05) is 46.1 Å². The van der Waals surface area contributed by atoms with Gasteiger partial charge in [-0.2, -0.15) is 0 Å². The summed E-state index contributed by atoms with van der Waals surface area (Å²) in [5.41, 5.74) is 4.85. The van der Waals surface area contributed by atoms with Crippen LogP contribution in [0.3, 0.4) is 0 Å². The Bertz CT molecular complexity index is 2060. The van der Waals surface area contributed by atoms with Crippen LogP contribution >= 0.6 is 0 Å². The molecule has 0 amide bonds. The van der Waals surface area contributed by atoms with Gasteiger partial charge in [-0.15, -0.1) is 53.6 Å². The van der Waals surface area contributed by atoms with E-state index in [1.54, 1.807) is 30.6 Å². The van der Waals surface area contributed by atoms with Crippen LogP contribution in [0.5, 0.6) is 0 Å². The second kappa shape index (κ2) is 12.8. The third-order valence-corrected chi connectivity index (χ3v) is 8.79. The maximum Gasteiger partial charge on any atom is 0.216 e. The molecule has 42 heavy (non-hydrogen) atoms. The summed E-state index contributed by atoms with van der Waals surface area (Å²) >= 11 is 0. The van der Waals surface area contributed by atoms with Crippen LogP contribution in [-0.2, 0) is 20.1 Å². The van der Waals surface area contributed by atoms with Gasteiger partial charge in [-0.3, -0.25) is 0 Å². The zero-order valence-corrected chi connectivity index (χ0v) is 27.4. The van der Waals surface area contributed by atoms with E-state index in [1.807, 2.05) is 38.1 Å². The van der Waals surface area contributed by atoms with E-state index in [2.05, 4.69) is 46.7 Å². The van der Waals surface area contributed by atoms with Crippen LogP contribution < -0.4 is 5.19 Å². The summed E-state index contributed by atoms with van der Waals surface area (Å²) in [5.74, 6) is -0.213. The predicted molar refractivity (Wildman–Crippen MR) is 169 cm³/mol. The summed E-state index contributed by atoms with van der Waals surface area (Å²) in [5, 5.41) is 2.72. The average Bonchev–Trinajstić information content (AvgIpc) is 3.39. The Labute approximate surface area is 270 Å². The first kappa shape index (κ1) is 24.0. The largest absolute Gasteiger partial charge is 0.486 e. The van der Waals surface area contributed by atoms with Crippen LogP contribution in [0.25, 0.3) is 44.6 Å². The Hall–Kier alpha value is -3.51. The summed E-state index contributed by atoms with van der Waals surface area (Å²) in [7, 11) is -1.85. The summed E-state index contributed by atoms with van der Waals surface area (Å²) in [4.78, 5) is 12.9. The molecule has 1 radical (unpaired) electrons. The maximum absolute atomic E-state index is 13.9. The van der Waals surface area contributed by atoms with E-state index in [0.29, 0.717) is 39.4 Å².